The predicted octanol–water partition coefficient (Wildman–Crippen LogP) is -1.76. The number of amides is 2. The summed E-state index contributed by atoms with van der Waals surface area (Å²) in [5.41, 5.74) is 1.70. The van der Waals surface area contributed by atoms with Crippen molar-refractivity contribution in [3.63, 3.8) is 0 Å². The van der Waals surface area contributed by atoms with Crippen molar-refractivity contribution in [2.24, 2.45) is 0 Å². The molecule has 1 aromatic carbocycles. The molecule has 0 aliphatic heterocycles. The smallest absolute Gasteiger partial charge is 0.548 e. The van der Waals surface area contributed by atoms with E-state index >= 15 is 0 Å². The zero-order valence-electron chi connectivity index (χ0n) is 13.1. The molecule has 1 aromatic heterocycles. The number of carboxylic acid groups (broad SMARTS) is 1. The summed E-state index contributed by atoms with van der Waals surface area (Å²) in [4.78, 5) is 22.3. The van der Waals surface area contributed by atoms with Crippen molar-refractivity contribution in [2.45, 2.75) is 32.9 Å². The summed E-state index contributed by atoms with van der Waals surface area (Å²) in [5, 5.41) is 16.5. The van der Waals surface area contributed by atoms with Crippen LogP contribution in [0.1, 0.15) is 31.2 Å². The van der Waals surface area contributed by atoms with Crippen LogP contribution in [0, 0.1) is 6.92 Å². The van der Waals surface area contributed by atoms with Gasteiger partial charge in [0.05, 0.1) is 18.1 Å². The number of aryl methyl sites for hydroxylation is 1. The van der Waals surface area contributed by atoms with Crippen LogP contribution in [-0.4, -0.2) is 18.0 Å². The molecule has 2 aromatic rings. The molecule has 7 heteroatoms. The zero-order valence-corrected chi connectivity index (χ0v) is 16.2. The van der Waals surface area contributed by atoms with Crippen LogP contribution >= 0.6 is 0 Å². The number of rotatable bonds is 4. The fourth-order valence-corrected chi connectivity index (χ4v) is 2.17. The Hall–Kier alpha value is -0.864. The van der Waals surface area contributed by atoms with Crippen LogP contribution < -0.4 is 67.1 Å². The normalized spacial score (nSPS) is 13.0. The van der Waals surface area contributed by atoms with Crippen LogP contribution in [0.2, 0.25) is 0 Å². The molecule has 2 N–H and O–H groups in total. The van der Waals surface area contributed by atoms with Crippen molar-refractivity contribution in [1.29, 1.82) is 0 Å². The molecule has 6 nitrogen and oxygen atoms in total. The van der Waals surface area contributed by atoms with E-state index in [1.807, 2.05) is 31.2 Å². The van der Waals surface area contributed by atoms with Gasteiger partial charge in [-0.05, 0) is 26.8 Å². The Morgan fingerprint density at radius 1 is 1.18 bits per heavy atom. The first-order valence-electron chi connectivity index (χ1n) is 6.66. The van der Waals surface area contributed by atoms with Gasteiger partial charge < -0.3 is 25.0 Å². The molecule has 0 aliphatic carbocycles. The van der Waals surface area contributed by atoms with Gasteiger partial charge in [0.15, 0.2) is 0 Å². The SMILES string of the molecule is Cc1c([C@@H](C)NC(=O)N[C@@H](C)C(=O)[O-])oc2ccccc12.[K+]. The number of benzene rings is 1. The molecular formula is C15H17KN2O4. The quantitative estimate of drug-likeness (QED) is 0.651. The van der Waals surface area contributed by atoms with E-state index in [0.717, 1.165) is 16.5 Å². The summed E-state index contributed by atoms with van der Waals surface area (Å²) in [5.74, 6) is -0.690. The van der Waals surface area contributed by atoms with E-state index in [4.69, 9.17) is 4.42 Å². The topological polar surface area (TPSA) is 94.4 Å². The summed E-state index contributed by atoms with van der Waals surface area (Å²) in [6, 6.07) is 5.57. The first kappa shape index (κ1) is 19.2. The van der Waals surface area contributed by atoms with Gasteiger partial charge in [-0.1, -0.05) is 18.2 Å². The number of para-hydroxylation sites is 1. The number of hydrogen-bond acceptors (Lipinski definition) is 4. The fourth-order valence-electron chi connectivity index (χ4n) is 2.17. The zero-order chi connectivity index (χ0) is 15.6. The molecule has 0 saturated carbocycles. The Balaban J connectivity index is 0.00000242. The molecule has 112 valence electrons. The van der Waals surface area contributed by atoms with Gasteiger partial charge in [0.25, 0.3) is 0 Å². The third kappa shape index (κ3) is 4.33. The van der Waals surface area contributed by atoms with Gasteiger partial charge in [-0.15, -0.1) is 0 Å². The summed E-state index contributed by atoms with van der Waals surface area (Å²) >= 11 is 0. The first-order chi connectivity index (χ1) is 9.90. The Morgan fingerprint density at radius 2 is 1.82 bits per heavy atom. The van der Waals surface area contributed by atoms with E-state index in [1.165, 1.54) is 6.92 Å². The number of aliphatic carboxylic acids is 1. The van der Waals surface area contributed by atoms with E-state index in [1.54, 1.807) is 6.92 Å². The molecule has 2 rings (SSSR count). The standard InChI is InChI=1S/C15H18N2O4.K/c1-8-11-6-4-5-7-12(11)21-13(8)9(2)16-15(20)17-10(3)14(18)19;/h4-7,9-10H,1-3H3,(H,18,19)(H2,16,17,20);/q;+1/p-1/t9-,10+;/m1./s1. The summed E-state index contributed by atoms with van der Waals surface area (Å²) in [7, 11) is 0. The van der Waals surface area contributed by atoms with Gasteiger partial charge in [0, 0.05) is 10.9 Å². The van der Waals surface area contributed by atoms with Crippen molar-refractivity contribution in [3.05, 3.63) is 35.6 Å². The van der Waals surface area contributed by atoms with Crippen LogP contribution in [0.25, 0.3) is 11.0 Å². The van der Waals surface area contributed by atoms with Gasteiger partial charge in [-0.3, -0.25) is 0 Å². The van der Waals surface area contributed by atoms with Gasteiger partial charge in [-0.25, -0.2) is 4.79 Å². The van der Waals surface area contributed by atoms with Crippen LogP contribution in [-0.2, 0) is 4.79 Å². The Bertz CT molecular complexity index is 683. The molecule has 0 radical (unpaired) electrons. The van der Waals surface area contributed by atoms with Gasteiger partial charge in [0.2, 0.25) is 0 Å². The van der Waals surface area contributed by atoms with Crippen molar-refractivity contribution in [1.82, 2.24) is 10.6 Å². The molecule has 0 saturated heterocycles. The molecule has 0 fully saturated rings. The largest absolute Gasteiger partial charge is 1.00 e. The van der Waals surface area contributed by atoms with E-state index in [-0.39, 0.29) is 57.4 Å². The minimum absolute atomic E-state index is 0. The first-order valence-corrected chi connectivity index (χ1v) is 6.66. The second-order valence-corrected chi connectivity index (χ2v) is 4.97. The number of carboxylic acids is 1. The summed E-state index contributed by atoms with van der Waals surface area (Å²) in [6.45, 7) is 5.03. The predicted molar refractivity (Wildman–Crippen MR) is 75.5 cm³/mol. The van der Waals surface area contributed by atoms with Crippen LogP contribution in [0.15, 0.2) is 28.7 Å². The Kier molecular flexibility index (Phi) is 7.08. The maximum atomic E-state index is 11.7. The van der Waals surface area contributed by atoms with Crippen LogP contribution in [0.5, 0.6) is 0 Å². The summed E-state index contributed by atoms with van der Waals surface area (Å²) < 4.78 is 5.74. The van der Waals surface area contributed by atoms with Gasteiger partial charge >= 0.3 is 57.4 Å². The van der Waals surface area contributed by atoms with E-state index < -0.39 is 18.0 Å². The minimum atomic E-state index is -1.34. The molecule has 2 amide bonds. The van der Waals surface area contributed by atoms with Crippen LogP contribution in [0.3, 0.4) is 0 Å². The molecule has 0 aliphatic rings. The van der Waals surface area contributed by atoms with E-state index in [9.17, 15) is 14.7 Å². The number of carbonyl (C=O) groups excluding carboxylic acids is 2. The van der Waals surface area contributed by atoms with Gasteiger partial charge in [-0.2, -0.15) is 0 Å². The molecule has 22 heavy (non-hydrogen) atoms. The number of furan rings is 1. The second kappa shape index (κ2) is 8.12. The molecule has 0 unspecified atom stereocenters. The van der Waals surface area contributed by atoms with Crippen molar-refractivity contribution >= 4 is 23.0 Å². The number of urea groups is 1. The minimum Gasteiger partial charge on any atom is -0.548 e. The third-order valence-corrected chi connectivity index (χ3v) is 3.32. The maximum absolute atomic E-state index is 11.7. The second-order valence-electron chi connectivity index (χ2n) is 4.97. The van der Waals surface area contributed by atoms with Crippen LogP contribution in [0.4, 0.5) is 4.79 Å². The number of carbonyl (C=O) groups is 2. The number of fused-ring (bicyclic) bond motifs is 1. The van der Waals surface area contributed by atoms with Crippen molar-refractivity contribution in [2.75, 3.05) is 0 Å². The molecule has 0 bridgehead atoms. The molecular weight excluding hydrogens is 311 g/mol. The monoisotopic (exact) mass is 328 g/mol. The third-order valence-electron chi connectivity index (χ3n) is 3.32. The van der Waals surface area contributed by atoms with Crippen molar-refractivity contribution in [3.8, 4) is 0 Å². The fraction of sp³-hybridized carbons (Fsp3) is 0.333. The molecule has 1 heterocycles. The van der Waals surface area contributed by atoms with E-state index in [2.05, 4.69) is 10.6 Å². The average molecular weight is 328 g/mol. The van der Waals surface area contributed by atoms with E-state index in [0.29, 0.717) is 5.76 Å². The number of hydrogen-bond donors (Lipinski definition) is 2. The number of nitrogens with one attached hydrogen (secondary N) is 2. The van der Waals surface area contributed by atoms with Gasteiger partial charge in [0.1, 0.15) is 11.3 Å². The Morgan fingerprint density at radius 3 is 2.41 bits per heavy atom. The molecule has 2 atom stereocenters. The summed E-state index contributed by atoms with van der Waals surface area (Å²) in [6.07, 6.45) is 0. The molecule has 0 spiro atoms. The maximum Gasteiger partial charge on any atom is 1.00 e. The Labute approximate surface area is 171 Å². The average Bonchev–Trinajstić information content (AvgIpc) is 2.76. The van der Waals surface area contributed by atoms with Crippen molar-refractivity contribution < 1.29 is 70.5 Å².